The third kappa shape index (κ3) is 3.28. The SMILES string of the molecule is CO[C@@H]1CCC[C@@H]1NC(=O)c1nn(-c2ccccc2)c2c1CCCCC2. The zero-order valence-corrected chi connectivity index (χ0v) is 15.4. The Hall–Kier alpha value is -2.14. The van der Waals surface area contributed by atoms with E-state index in [2.05, 4.69) is 17.4 Å². The van der Waals surface area contributed by atoms with Gasteiger partial charge in [0.15, 0.2) is 5.69 Å². The van der Waals surface area contributed by atoms with Crippen LogP contribution in [-0.4, -0.2) is 34.9 Å². The van der Waals surface area contributed by atoms with Gasteiger partial charge in [-0.15, -0.1) is 0 Å². The first-order valence-corrected chi connectivity index (χ1v) is 9.78. The Balaban J connectivity index is 1.67. The Morgan fingerprint density at radius 1 is 1.12 bits per heavy atom. The number of fused-ring (bicyclic) bond motifs is 1. The van der Waals surface area contributed by atoms with Crippen molar-refractivity contribution in [3.63, 3.8) is 0 Å². The Morgan fingerprint density at radius 2 is 1.92 bits per heavy atom. The van der Waals surface area contributed by atoms with Gasteiger partial charge in [0.2, 0.25) is 0 Å². The van der Waals surface area contributed by atoms with E-state index in [1.807, 2.05) is 22.9 Å². The minimum absolute atomic E-state index is 0.0493. The molecule has 0 radical (unpaired) electrons. The predicted octanol–water partition coefficient (Wildman–Crippen LogP) is 3.44. The van der Waals surface area contributed by atoms with Gasteiger partial charge in [0.25, 0.3) is 5.91 Å². The molecule has 0 spiro atoms. The van der Waals surface area contributed by atoms with E-state index >= 15 is 0 Å². The third-order valence-corrected chi connectivity index (χ3v) is 5.72. The van der Waals surface area contributed by atoms with Crippen molar-refractivity contribution in [2.45, 2.75) is 63.5 Å². The lowest BCUT2D eigenvalue weighted by Gasteiger charge is -2.19. The molecular weight excluding hydrogens is 326 g/mol. The van der Waals surface area contributed by atoms with Crippen LogP contribution in [0.3, 0.4) is 0 Å². The molecule has 1 fully saturated rings. The van der Waals surface area contributed by atoms with E-state index in [1.165, 1.54) is 12.1 Å². The number of carbonyl (C=O) groups is 1. The van der Waals surface area contributed by atoms with Crippen molar-refractivity contribution in [3.8, 4) is 5.69 Å². The number of benzene rings is 1. The van der Waals surface area contributed by atoms with Gasteiger partial charge in [-0.2, -0.15) is 5.10 Å². The van der Waals surface area contributed by atoms with Crippen LogP contribution in [0.1, 0.15) is 60.3 Å². The van der Waals surface area contributed by atoms with Crippen LogP contribution >= 0.6 is 0 Å². The zero-order chi connectivity index (χ0) is 17.9. The van der Waals surface area contributed by atoms with E-state index < -0.39 is 0 Å². The van der Waals surface area contributed by atoms with Crippen molar-refractivity contribution in [1.29, 1.82) is 0 Å². The Kier molecular flexibility index (Phi) is 5.07. The Morgan fingerprint density at radius 3 is 2.73 bits per heavy atom. The van der Waals surface area contributed by atoms with Gasteiger partial charge in [0.05, 0.1) is 17.8 Å². The molecule has 0 saturated heterocycles. The number of methoxy groups -OCH3 is 1. The van der Waals surface area contributed by atoms with Gasteiger partial charge in [0, 0.05) is 18.4 Å². The van der Waals surface area contributed by atoms with E-state index in [1.54, 1.807) is 7.11 Å². The summed E-state index contributed by atoms with van der Waals surface area (Å²) in [4.78, 5) is 13.0. The number of para-hydroxylation sites is 1. The van der Waals surface area contributed by atoms with Crippen LogP contribution < -0.4 is 5.32 Å². The van der Waals surface area contributed by atoms with E-state index in [0.29, 0.717) is 5.69 Å². The number of rotatable bonds is 4. The maximum atomic E-state index is 13.0. The van der Waals surface area contributed by atoms with Crippen molar-refractivity contribution in [2.75, 3.05) is 7.11 Å². The minimum atomic E-state index is -0.0493. The van der Waals surface area contributed by atoms with Crippen LogP contribution in [0.4, 0.5) is 0 Å². The highest BCUT2D eigenvalue weighted by Crippen LogP contribution is 2.27. The number of carbonyl (C=O) groups excluding carboxylic acids is 1. The molecule has 2 atom stereocenters. The highest BCUT2D eigenvalue weighted by molar-refractivity contribution is 5.94. The highest BCUT2D eigenvalue weighted by Gasteiger charge is 2.31. The minimum Gasteiger partial charge on any atom is -0.379 e. The maximum Gasteiger partial charge on any atom is 0.272 e. The molecule has 0 unspecified atom stereocenters. The predicted molar refractivity (Wildman–Crippen MR) is 101 cm³/mol. The molecule has 1 saturated carbocycles. The average Bonchev–Trinajstić information content (AvgIpc) is 3.19. The lowest BCUT2D eigenvalue weighted by Crippen LogP contribution is -2.41. The van der Waals surface area contributed by atoms with Crippen molar-refractivity contribution in [2.24, 2.45) is 0 Å². The molecule has 26 heavy (non-hydrogen) atoms. The fourth-order valence-corrected chi connectivity index (χ4v) is 4.35. The lowest BCUT2D eigenvalue weighted by molar-refractivity contribution is 0.0718. The Bertz CT molecular complexity index is 769. The number of nitrogens with zero attached hydrogens (tertiary/aromatic N) is 2. The number of ether oxygens (including phenoxy) is 1. The largest absolute Gasteiger partial charge is 0.379 e. The second-order valence-corrected chi connectivity index (χ2v) is 7.37. The number of aromatic nitrogens is 2. The third-order valence-electron chi connectivity index (χ3n) is 5.72. The lowest BCUT2D eigenvalue weighted by atomic mass is 10.1. The van der Waals surface area contributed by atoms with Crippen molar-refractivity contribution < 1.29 is 9.53 Å². The Labute approximate surface area is 154 Å². The summed E-state index contributed by atoms with van der Waals surface area (Å²) in [6, 6.07) is 10.2. The first-order valence-electron chi connectivity index (χ1n) is 9.78. The summed E-state index contributed by atoms with van der Waals surface area (Å²) in [5, 5.41) is 7.95. The molecule has 1 amide bonds. The van der Waals surface area contributed by atoms with Crippen LogP contribution in [0.2, 0.25) is 0 Å². The molecular formula is C21H27N3O2. The van der Waals surface area contributed by atoms with Crippen LogP contribution in [-0.2, 0) is 17.6 Å². The summed E-state index contributed by atoms with van der Waals surface area (Å²) in [6.45, 7) is 0. The molecule has 5 heteroatoms. The van der Waals surface area contributed by atoms with Crippen LogP contribution in [0.5, 0.6) is 0 Å². The molecule has 2 aliphatic carbocycles. The van der Waals surface area contributed by atoms with E-state index in [9.17, 15) is 4.79 Å². The molecule has 1 N–H and O–H groups in total. The molecule has 1 aromatic heterocycles. The zero-order valence-electron chi connectivity index (χ0n) is 15.4. The maximum absolute atomic E-state index is 13.0. The van der Waals surface area contributed by atoms with Crippen molar-refractivity contribution in [1.82, 2.24) is 15.1 Å². The summed E-state index contributed by atoms with van der Waals surface area (Å²) in [5.41, 5.74) is 3.97. The van der Waals surface area contributed by atoms with Gasteiger partial charge < -0.3 is 10.1 Å². The summed E-state index contributed by atoms with van der Waals surface area (Å²) >= 11 is 0. The number of hydrogen-bond acceptors (Lipinski definition) is 3. The summed E-state index contributed by atoms with van der Waals surface area (Å²) < 4.78 is 7.51. The van der Waals surface area contributed by atoms with Gasteiger partial charge in [-0.3, -0.25) is 4.79 Å². The molecule has 1 aromatic carbocycles. The summed E-state index contributed by atoms with van der Waals surface area (Å²) in [6.07, 6.45) is 8.60. The van der Waals surface area contributed by atoms with E-state index in [-0.39, 0.29) is 18.1 Å². The van der Waals surface area contributed by atoms with Gasteiger partial charge in [-0.05, 0) is 57.1 Å². The topological polar surface area (TPSA) is 56.1 Å². The van der Waals surface area contributed by atoms with Crippen LogP contribution in [0, 0.1) is 0 Å². The second-order valence-electron chi connectivity index (χ2n) is 7.37. The smallest absolute Gasteiger partial charge is 0.272 e. The van der Waals surface area contributed by atoms with Crippen LogP contribution in [0.15, 0.2) is 30.3 Å². The molecule has 138 valence electrons. The second kappa shape index (κ2) is 7.62. The van der Waals surface area contributed by atoms with Gasteiger partial charge in [0.1, 0.15) is 0 Å². The first-order chi connectivity index (χ1) is 12.8. The fourth-order valence-electron chi connectivity index (χ4n) is 4.35. The molecule has 5 nitrogen and oxygen atoms in total. The van der Waals surface area contributed by atoms with E-state index in [4.69, 9.17) is 9.84 Å². The van der Waals surface area contributed by atoms with Gasteiger partial charge in [-0.1, -0.05) is 24.6 Å². The average molecular weight is 353 g/mol. The number of nitrogens with one attached hydrogen (secondary N) is 1. The molecule has 2 aromatic rings. The molecule has 0 aliphatic heterocycles. The molecule has 0 bridgehead atoms. The van der Waals surface area contributed by atoms with Crippen molar-refractivity contribution in [3.05, 3.63) is 47.3 Å². The van der Waals surface area contributed by atoms with Gasteiger partial charge in [-0.25, -0.2) is 4.68 Å². The fraction of sp³-hybridized carbons (Fsp3) is 0.524. The quantitative estimate of drug-likeness (QED) is 0.857. The summed E-state index contributed by atoms with van der Waals surface area (Å²) in [5.74, 6) is -0.0493. The standard InChI is InChI=1S/C21H27N3O2/c1-26-19-14-8-12-17(19)22-21(25)20-16-11-6-3-7-13-18(16)24(23-20)15-9-4-2-5-10-15/h2,4-5,9-10,17,19H,3,6-8,11-14H2,1H3,(H,22,25)/t17-,19+/m0/s1. The summed E-state index contributed by atoms with van der Waals surface area (Å²) in [7, 11) is 1.73. The monoisotopic (exact) mass is 353 g/mol. The number of amides is 1. The normalized spacial score (nSPS) is 22.7. The highest BCUT2D eigenvalue weighted by atomic mass is 16.5. The molecule has 1 heterocycles. The molecule has 2 aliphatic rings. The molecule has 4 rings (SSSR count). The van der Waals surface area contributed by atoms with E-state index in [0.717, 1.165) is 56.2 Å². The van der Waals surface area contributed by atoms with Crippen LogP contribution in [0.25, 0.3) is 5.69 Å². The first kappa shape index (κ1) is 17.3. The van der Waals surface area contributed by atoms with Crippen molar-refractivity contribution >= 4 is 5.91 Å². The number of hydrogen-bond donors (Lipinski definition) is 1. The van der Waals surface area contributed by atoms with Gasteiger partial charge >= 0.3 is 0 Å².